The molecule has 0 spiro atoms. The second kappa shape index (κ2) is 8.42. The van der Waals surface area contributed by atoms with Crippen molar-refractivity contribution in [2.75, 3.05) is 6.61 Å². The first-order valence-electron chi connectivity index (χ1n) is 9.64. The van der Waals surface area contributed by atoms with E-state index in [0.717, 1.165) is 18.2 Å². The Balaban J connectivity index is 1.77. The van der Waals surface area contributed by atoms with Crippen LogP contribution in [0, 0.1) is 0 Å². The van der Waals surface area contributed by atoms with E-state index in [9.17, 15) is 45.6 Å². The van der Waals surface area contributed by atoms with E-state index in [1.165, 1.54) is 12.1 Å². The summed E-state index contributed by atoms with van der Waals surface area (Å²) in [5, 5.41) is 78.9. The summed E-state index contributed by atoms with van der Waals surface area (Å²) < 4.78 is 16.2. The third-order valence-electron chi connectivity index (χ3n) is 5.25. The van der Waals surface area contributed by atoms with Crippen molar-refractivity contribution in [2.45, 2.75) is 30.7 Å². The lowest BCUT2D eigenvalue weighted by Crippen LogP contribution is -2.60. The Morgan fingerprint density at radius 2 is 1.64 bits per heavy atom. The maximum absolute atomic E-state index is 12.6. The summed E-state index contributed by atoms with van der Waals surface area (Å²) in [5.41, 5.74) is -1.42. The number of hydrogen-bond acceptors (Lipinski definition) is 12. The van der Waals surface area contributed by atoms with Crippen LogP contribution in [0.5, 0.6) is 28.7 Å². The van der Waals surface area contributed by atoms with Gasteiger partial charge in [0.15, 0.2) is 5.76 Å². The van der Waals surface area contributed by atoms with Crippen LogP contribution >= 0.6 is 0 Å². The Morgan fingerprint density at radius 3 is 2.30 bits per heavy atom. The van der Waals surface area contributed by atoms with E-state index < -0.39 is 71.1 Å². The molecule has 12 nitrogen and oxygen atoms in total. The molecule has 1 saturated heterocycles. The third-order valence-corrected chi connectivity index (χ3v) is 5.25. The summed E-state index contributed by atoms with van der Waals surface area (Å²) in [4.78, 5) is 12.6. The van der Waals surface area contributed by atoms with Gasteiger partial charge in [-0.3, -0.25) is 4.79 Å². The Hall–Kier alpha value is -3.55. The van der Waals surface area contributed by atoms with Gasteiger partial charge in [0, 0.05) is 18.2 Å². The molecule has 1 fully saturated rings. The molecule has 0 radical (unpaired) electrons. The smallest absolute Gasteiger partial charge is 0.238 e. The average Bonchev–Trinajstić information content (AvgIpc) is 2.76. The molecule has 2 heterocycles. The fourth-order valence-electron chi connectivity index (χ4n) is 3.53. The molecule has 0 bridgehead atoms. The quantitative estimate of drug-likeness (QED) is 0.245. The number of rotatable bonds is 4. The van der Waals surface area contributed by atoms with E-state index in [1.54, 1.807) is 0 Å². The van der Waals surface area contributed by atoms with Crippen LogP contribution in [0.2, 0.25) is 0 Å². The molecule has 4 rings (SSSR count). The number of phenols is 3. The fraction of sp³-hybridized carbons (Fsp3) is 0.286. The first-order valence-corrected chi connectivity index (χ1v) is 9.64. The second-order valence-corrected chi connectivity index (χ2v) is 7.44. The standard InChI is InChI=1S/C21H20O12/c22-6-13-15(26)17(28)19(30)21(33-13)31-8-4-11(25)14-12(5-8)32-20(18(29)16(14)27)9-2-1-7(23)3-10(9)24/h1-5,13,15,17,19,21-26,28-30H,6H2. The van der Waals surface area contributed by atoms with Gasteiger partial charge in [-0.15, -0.1) is 0 Å². The molecule has 1 aliphatic rings. The molecule has 12 heteroatoms. The lowest BCUT2D eigenvalue weighted by atomic mass is 9.99. The van der Waals surface area contributed by atoms with Gasteiger partial charge in [-0.1, -0.05) is 0 Å². The van der Waals surface area contributed by atoms with E-state index in [2.05, 4.69) is 0 Å². The minimum atomic E-state index is -1.73. The molecule has 1 aromatic heterocycles. The number of aromatic hydroxyl groups is 4. The summed E-state index contributed by atoms with van der Waals surface area (Å²) in [7, 11) is 0. The normalized spacial score (nSPS) is 25.3. The van der Waals surface area contributed by atoms with Crippen molar-refractivity contribution >= 4 is 11.0 Å². The molecule has 33 heavy (non-hydrogen) atoms. The predicted octanol–water partition coefficient (Wildman–Crippen LogP) is -0.539. The van der Waals surface area contributed by atoms with Crippen LogP contribution in [0.15, 0.2) is 39.5 Å². The summed E-state index contributed by atoms with van der Waals surface area (Å²) in [5.74, 6) is -2.97. The number of phenolic OH excluding ortho intramolecular Hbond substituents is 3. The second-order valence-electron chi connectivity index (χ2n) is 7.44. The lowest BCUT2D eigenvalue weighted by Gasteiger charge is -2.39. The highest BCUT2D eigenvalue weighted by molar-refractivity contribution is 5.88. The topological polar surface area (TPSA) is 211 Å². The average molecular weight is 464 g/mol. The largest absolute Gasteiger partial charge is 0.508 e. The summed E-state index contributed by atoms with van der Waals surface area (Å²) in [6.45, 7) is -0.679. The van der Waals surface area contributed by atoms with Crippen LogP contribution in [-0.4, -0.2) is 78.2 Å². The van der Waals surface area contributed by atoms with Gasteiger partial charge < -0.3 is 54.7 Å². The van der Waals surface area contributed by atoms with Crippen LogP contribution in [0.25, 0.3) is 22.3 Å². The number of ether oxygens (including phenoxy) is 2. The molecule has 5 unspecified atom stereocenters. The third kappa shape index (κ3) is 3.90. The van der Waals surface area contributed by atoms with Crippen molar-refractivity contribution in [3.63, 3.8) is 0 Å². The van der Waals surface area contributed by atoms with Crippen molar-refractivity contribution in [1.82, 2.24) is 0 Å². The van der Waals surface area contributed by atoms with Crippen LogP contribution in [0.1, 0.15) is 0 Å². The molecule has 8 N–H and O–H groups in total. The van der Waals surface area contributed by atoms with Crippen molar-refractivity contribution < 1.29 is 54.7 Å². The first-order chi connectivity index (χ1) is 15.6. The monoisotopic (exact) mass is 464 g/mol. The highest BCUT2D eigenvalue weighted by Crippen LogP contribution is 2.40. The fourth-order valence-corrected chi connectivity index (χ4v) is 3.53. The van der Waals surface area contributed by atoms with Gasteiger partial charge in [0.2, 0.25) is 17.5 Å². The molecular formula is C21H20O12. The van der Waals surface area contributed by atoms with Crippen LogP contribution in [0.4, 0.5) is 0 Å². The molecule has 176 valence electrons. The van der Waals surface area contributed by atoms with Crippen molar-refractivity contribution in [3.05, 3.63) is 40.6 Å². The minimum absolute atomic E-state index is 0.121. The highest BCUT2D eigenvalue weighted by Gasteiger charge is 2.44. The molecule has 3 aromatic rings. The Bertz CT molecular complexity index is 1250. The molecule has 5 atom stereocenters. The van der Waals surface area contributed by atoms with Gasteiger partial charge in [-0.05, 0) is 12.1 Å². The molecule has 1 aliphatic heterocycles. The number of fused-ring (bicyclic) bond motifs is 1. The van der Waals surface area contributed by atoms with Gasteiger partial charge in [0.1, 0.15) is 58.4 Å². The zero-order valence-electron chi connectivity index (χ0n) is 16.7. The van der Waals surface area contributed by atoms with Crippen LogP contribution < -0.4 is 10.2 Å². The molecular weight excluding hydrogens is 444 g/mol. The van der Waals surface area contributed by atoms with Crippen LogP contribution in [0.3, 0.4) is 0 Å². The lowest BCUT2D eigenvalue weighted by molar-refractivity contribution is -0.277. The van der Waals surface area contributed by atoms with Gasteiger partial charge in [0.05, 0.1) is 12.2 Å². The first kappa shape index (κ1) is 22.6. The van der Waals surface area contributed by atoms with Crippen molar-refractivity contribution in [3.8, 4) is 40.1 Å². The van der Waals surface area contributed by atoms with E-state index in [4.69, 9.17) is 13.9 Å². The van der Waals surface area contributed by atoms with E-state index >= 15 is 0 Å². The summed E-state index contributed by atoms with van der Waals surface area (Å²) in [6.07, 6.45) is -7.83. The zero-order valence-corrected chi connectivity index (χ0v) is 16.7. The van der Waals surface area contributed by atoms with Gasteiger partial charge in [0.25, 0.3) is 0 Å². The number of benzene rings is 2. The molecule has 2 aromatic carbocycles. The van der Waals surface area contributed by atoms with Gasteiger partial charge in [-0.2, -0.15) is 0 Å². The Labute approximate surface area is 184 Å². The van der Waals surface area contributed by atoms with Crippen molar-refractivity contribution in [1.29, 1.82) is 0 Å². The summed E-state index contributed by atoms with van der Waals surface area (Å²) >= 11 is 0. The predicted molar refractivity (Wildman–Crippen MR) is 109 cm³/mol. The number of aliphatic hydroxyl groups is 4. The number of aliphatic hydroxyl groups excluding tert-OH is 4. The maximum atomic E-state index is 12.6. The van der Waals surface area contributed by atoms with E-state index in [0.29, 0.717) is 0 Å². The molecule has 0 amide bonds. The van der Waals surface area contributed by atoms with Gasteiger partial charge in [-0.25, -0.2) is 0 Å². The van der Waals surface area contributed by atoms with Crippen molar-refractivity contribution in [2.24, 2.45) is 0 Å². The molecule has 0 aliphatic carbocycles. The van der Waals surface area contributed by atoms with Crippen LogP contribution in [-0.2, 0) is 4.74 Å². The number of hydrogen-bond donors (Lipinski definition) is 8. The minimum Gasteiger partial charge on any atom is -0.508 e. The van der Waals surface area contributed by atoms with E-state index in [1.807, 2.05) is 0 Å². The Morgan fingerprint density at radius 1 is 0.909 bits per heavy atom. The molecule has 0 saturated carbocycles. The summed E-state index contributed by atoms with van der Waals surface area (Å²) in [6, 6.07) is 5.45. The van der Waals surface area contributed by atoms with E-state index in [-0.39, 0.29) is 22.6 Å². The Kier molecular flexibility index (Phi) is 5.78. The maximum Gasteiger partial charge on any atom is 0.238 e. The van der Waals surface area contributed by atoms with Gasteiger partial charge >= 0.3 is 0 Å². The highest BCUT2D eigenvalue weighted by atomic mass is 16.7. The SMILES string of the molecule is O=c1c(O)c(-c2ccc(O)cc2O)oc2cc(OC3OC(CO)C(O)C(O)C3O)cc(O)c12. The zero-order chi connectivity index (χ0) is 24.0.